The Hall–Kier alpha value is -3.63. The van der Waals surface area contributed by atoms with Gasteiger partial charge >= 0.3 is 5.97 Å². The highest BCUT2D eigenvalue weighted by atomic mass is 35.5. The van der Waals surface area contributed by atoms with Gasteiger partial charge in [-0.05, 0) is 47.9 Å². The Kier molecular flexibility index (Phi) is 6.01. The molecule has 0 atom stereocenters. The number of allylic oxidation sites excluding steroid dienone is 3. The first kappa shape index (κ1) is 20.6. The van der Waals surface area contributed by atoms with E-state index in [1.54, 1.807) is 55.5 Å². The molecule has 0 radical (unpaired) electrons. The zero-order valence-electron chi connectivity index (χ0n) is 16.8. The second-order valence-electron chi connectivity index (χ2n) is 7.12. The Balaban J connectivity index is 1.47. The summed E-state index contributed by atoms with van der Waals surface area (Å²) in [7, 11) is 0. The fraction of sp³-hybridized carbons (Fsp3) is 0.0769. The van der Waals surface area contributed by atoms with Crippen molar-refractivity contribution in [3.63, 3.8) is 0 Å². The average Bonchev–Trinajstić information content (AvgIpc) is 3.06. The summed E-state index contributed by atoms with van der Waals surface area (Å²) in [6.45, 7) is 1.79. The molecule has 3 aromatic rings. The number of Topliss-reactive ketones (excluding diaryl/α,β-unsaturated/α-hetero) is 1. The molecule has 0 fully saturated rings. The van der Waals surface area contributed by atoms with Crippen molar-refractivity contribution in [3.8, 4) is 11.5 Å². The second kappa shape index (κ2) is 9.02. The van der Waals surface area contributed by atoms with Gasteiger partial charge in [-0.2, -0.15) is 0 Å². The number of esters is 1. The number of fused-ring (bicyclic) bond motifs is 1. The number of rotatable bonds is 5. The van der Waals surface area contributed by atoms with Crippen LogP contribution >= 0.6 is 11.6 Å². The van der Waals surface area contributed by atoms with Crippen molar-refractivity contribution in [1.82, 2.24) is 0 Å². The maximum atomic E-state index is 12.7. The molecule has 0 aromatic heterocycles. The van der Waals surface area contributed by atoms with Gasteiger partial charge in [0.15, 0.2) is 5.76 Å². The fourth-order valence-electron chi connectivity index (χ4n) is 3.30. The average molecular weight is 431 g/mol. The molecule has 31 heavy (non-hydrogen) atoms. The Morgan fingerprint density at radius 3 is 2.55 bits per heavy atom. The van der Waals surface area contributed by atoms with E-state index in [1.165, 1.54) is 0 Å². The van der Waals surface area contributed by atoms with E-state index in [-0.39, 0.29) is 18.0 Å². The third kappa shape index (κ3) is 4.93. The van der Waals surface area contributed by atoms with E-state index in [2.05, 4.69) is 0 Å². The van der Waals surface area contributed by atoms with E-state index >= 15 is 0 Å². The Labute approximate surface area is 185 Å². The van der Waals surface area contributed by atoms with Crippen molar-refractivity contribution in [1.29, 1.82) is 0 Å². The smallest absolute Gasteiger partial charge is 0.315 e. The monoisotopic (exact) mass is 430 g/mol. The SMILES string of the molecule is Cc1cc(OC(=O)Cc2ccc(Cl)cc2)cc2c1C(=O)/C(=C/C=C/c1ccccc1)O2. The summed E-state index contributed by atoms with van der Waals surface area (Å²) in [4.78, 5) is 25.0. The number of carbonyl (C=O) groups is 2. The predicted octanol–water partition coefficient (Wildman–Crippen LogP) is 5.97. The van der Waals surface area contributed by atoms with Crippen LogP contribution in [0, 0.1) is 6.92 Å². The van der Waals surface area contributed by atoms with Gasteiger partial charge in [-0.3, -0.25) is 9.59 Å². The van der Waals surface area contributed by atoms with E-state index in [1.807, 2.05) is 36.4 Å². The lowest BCUT2D eigenvalue weighted by atomic mass is 10.0. The van der Waals surface area contributed by atoms with Gasteiger partial charge in [0.25, 0.3) is 0 Å². The molecule has 1 aliphatic rings. The molecule has 4 nitrogen and oxygen atoms in total. The Bertz CT molecular complexity index is 1190. The summed E-state index contributed by atoms with van der Waals surface area (Å²) in [5.41, 5.74) is 2.99. The van der Waals surface area contributed by atoms with Crippen LogP contribution in [0.4, 0.5) is 0 Å². The molecule has 154 valence electrons. The lowest BCUT2D eigenvalue weighted by Gasteiger charge is -2.08. The summed E-state index contributed by atoms with van der Waals surface area (Å²) in [5.74, 6) is 0.356. The number of ether oxygens (including phenoxy) is 2. The van der Waals surface area contributed by atoms with Gasteiger partial charge < -0.3 is 9.47 Å². The molecule has 0 bridgehead atoms. The highest BCUT2D eigenvalue weighted by Gasteiger charge is 2.29. The maximum absolute atomic E-state index is 12.7. The molecule has 0 saturated heterocycles. The predicted molar refractivity (Wildman–Crippen MR) is 120 cm³/mol. The van der Waals surface area contributed by atoms with Gasteiger partial charge in [-0.1, -0.05) is 66.2 Å². The minimum absolute atomic E-state index is 0.114. The fourth-order valence-corrected chi connectivity index (χ4v) is 3.42. The molecular formula is C26H19ClO4. The molecule has 4 rings (SSSR count). The van der Waals surface area contributed by atoms with Gasteiger partial charge in [0.2, 0.25) is 5.78 Å². The first-order valence-corrected chi connectivity index (χ1v) is 10.1. The van der Waals surface area contributed by atoms with Gasteiger partial charge in [-0.15, -0.1) is 0 Å². The van der Waals surface area contributed by atoms with E-state index < -0.39 is 5.97 Å². The molecule has 1 aliphatic heterocycles. The van der Waals surface area contributed by atoms with Crippen LogP contribution in [-0.4, -0.2) is 11.8 Å². The molecule has 3 aromatic carbocycles. The van der Waals surface area contributed by atoms with Crippen LogP contribution in [0.5, 0.6) is 11.5 Å². The van der Waals surface area contributed by atoms with Crippen molar-refractivity contribution in [3.05, 3.63) is 112 Å². The number of carbonyl (C=O) groups excluding carboxylic acids is 2. The quantitative estimate of drug-likeness (QED) is 0.284. The van der Waals surface area contributed by atoms with Gasteiger partial charge in [0.05, 0.1) is 12.0 Å². The number of aryl methyl sites for hydroxylation is 1. The van der Waals surface area contributed by atoms with Crippen molar-refractivity contribution in [2.45, 2.75) is 13.3 Å². The molecule has 0 saturated carbocycles. The van der Waals surface area contributed by atoms with E-state index in [0.29, 0.717) is 27.6 Å². The van der Waals surface area contributed by atoms with Crippen molar-refractivity contribution < 1.29 is 19.1 Å². The summed E-state index contributed by atoms with van der Waals surface area (Å²) < 4.78 is 11.2. The van der Waals surface area contributed by atoms with Crippen LogP contribution in [0.1, 0.15) is 27.0 Å². The van der Waals surface area contributed by atoms with Crippen LogP contribution in [0.15, 0.2) is 84.6 Å². The maximum Gasteiger partial charge on any atom is 0.315 e. The van der Waals surface area contributed by atoms with Crippen LogP contribution in [-0.2, 0) is 11.2 Å². The van der Waals surface area contributed by atoms with Gasteiger partial charge in [0.1, 0.15) is 11.5 Å². The molecular weight excluding hydrogens is 412 g/mol. The first-order valence-electron chi connectivity index (χ1n) is 9.75. The summed E-state index contributed by atoms with van der Waals surface area (Å²) in [6.07, 6.45) is 5.42. The lowest BCUT2D eigenvalue weighted by molar-refractivity contribution is -0.133. The minimum atomic E-state index is -0.410. The van der Waals surface area contributed by atoms with Crippen molar-refractivity contribution in [2.24, 2.45) is 0 Å². The van der Waals surface area contributed by atoms with Crippen molar-refractivity contribution >= 4 is 29.4 Å². The molecule has 0 amide bonds. The second-order valence-corrected chi connectivity index (χ2v) is 7.56. The number of ketones is 1. The minimum Gasteiger partial charge on any atom is -0.452 e. The molecule has 0 spiro atoms. The van der Waals surface area contributed by atoms with Crippen LogP contribution in [0.2, 0.25) is 5.02 Å². The molecule has 5 heteroatoms. The number of hydrogen-bond acceptors (Lipinski definition) is 4. The van der Waals surface area contributed by atoms with Crippen LogP contribution < -0.4 is 9.47 Å². The van der Waals surface area contributed by atoms with E-state index in [9.17, 15) is 9.59 Å². The highest BCUT2D eigenvalue weighted by Crippen LogP contribution is 2.37. The van der Waals surface area contributed by atoms with E-state index in [0.717, 1.165) is 11.1 Å². The highest BCUT2D eigenvalue weighted by molar-refractivity contribution is 6.30. The van der Waals surface area contributed by atoms with E-state index in [4.69, 9.17) is 21.1 Å². The lowest BCUT2D eigenvalue weighted by Crippen LogP contribution is -2.11. The third-order valence-corrected chi connectivity index (χ3v) is 5.02. The van der Waals surface area contributed by atoms with Gasteiger partial charge in [-0.25, -0.2) is 0 Å². The number of halogens is 1. The largest absolute Gasteiger partial charge is 0.452 e. The number of hydrogen-bond donors (Lipinski definition) is 0. The molecule has 0 aliphatic carbocycles. The molecule has 0 N–H and O–H groups in total. The number of benzene rings is 3. The standard InChI is InChI=1S/C26H19ClO4/c1-17-14-21(30-24(28)15-19-10-12-20(27)13-11-19)16-23-25(17)26(29)22(31-23)9-5-8-18-6-3-2-4-7-18/h2-14,16H,15H2,1H3/b8-5+,22-9-. The normalized spacial score (nSPS) is 14.0. The van der Waals surface area contributed by atoms with Gasteiger partial charge in [0, 0.05) is 11.1 Å². The topological polar surface area (TPSA) is 52.6 Å². The molecule has 0 unspecified atom stereocenters. The zero-order chi connectivity index (χ0) is 21.8. The Morgan fingerprint density at radius 2 is 1.81 bits per heavy atom. The van der Waals surface area contributed by atoms with Crippen LogP contribution in [0.25, 0.3) is 6.08 Å². The first-order chi connectivity index (χ1) is 15.0. The Morgan fingerprint density at radius 1 is 1.06 bits per heavy atom. The third-order valence-electron chi connectivity index (χ3n) is 4.77. The van der Waals surface area contributed by atoms with Crippen LogP contribution in [0.3, 0.4) is 0 Å². The summed E-state index contributed by atoms with van der Waals surface area (Å²) in [6, 6.07) is 20.0. The summed E-state index contributed by atoms with van der Waals surface area (Å²) in [5, 5.41) is 0.607. The summed E-state index contributed by atoms with van der Waals surface area (Å²) >= 11 is 5.87. The van der Waals surface area contributed by atoms with Crippen molar-refractivity contribution in [2.75, 3.05) is 0 Å². The molecule has 1 heterocycles. The zero-order valence-corrected chi connectivity index (χ0v) is 17.6.